The van der Waals surface area contributed by atoms with Gasteiger partial charge in [0.25, 0.3) is 0 Å². The Bertz CT molecular complexity index is 388. The lowest BCUT2D eigenvalue weighted by Crippen LogP contribution is -2.33. The van der Waals surface area contributed by atoms with E-state index in [0.29, 0.717) is 6.54 Å². The minimum absolute atomic E-state index is 0.125. The van der Waals surface area contributed by atoms with Crippen molar-refractivity contribution in [1.82, 2.24) is 15.4 Å². The molecule has 0 aromatic carbocycles. The van der Waals surface area contributed by atoms with Gasteiger partial charge in [0.2, 0.25) is 5.91 Å². The first kappa shape index (κ1) is 12.1. The number of aryl methyl sites for hydroxylation is 2. The number of carbonyl (C=O) groups is 1. The predicted octanol–water partition coefficient (Wildman–Crippen LogP) is 0.859. The van der Waals surface area contributed by atoms with Crippen LogP contribution in [0, 0.1) is 19.8 Å². The Balaban J connectivity index is 2.01. The molecule has 1 N–H and O–H groups in total. The maximum absolute atomic E-state index is 12.1. The van der Waals surface area contributed by atoms with Gasteiger partial charge in [0, 0.05) is 19.2 Å². The molecule has 0 aliphatic carbocycles. The highest BCUT2D eigenvalue weighted by molar-refractivity contribution is 5.79. The van der Waals surface area contributed by atoms with Gasteiger partial charge in [-0.2, -0.15) is 0 Å². The summed E-state index contributed by atoms with van der Waals surface area (Å²) in [7, 11) is 1.84. The largest absolute Gasteiger partial charge is 0.361 e. The number of nitrogens with one attached hydrogen (secondary N) is 1. The van der Waals surface area contributed by atoms with E-state index < -0.39 is 0 Å². The first-order valence-electron chi connectivity index (χ1n) is 5.97. The fourth-order valence-electron chi connectivity index (χ4n) is 2.22. The maximum Gasteiger partial charge on any atom is 0.227 e. The number of nitrogens with zero attached hydrogens (tertiary/aromatic N) is 2. The molecule has 0 saturated carbocycles. The van der Waals surface area contributed by atoms with Crippen LogP contribution in [0.1, 0.15) is 23.4 Å². The molecule has 1 fully saturated rings. The number of hydrogen-bond acceptors (Lipinski definition) is 4. The quantitative estimate of drug-likeness (QED) is 0.847. The van der Waals surface area contributed by atoms with Gasteiger partial charge in [-0.25, -0.2) is 0 Å². The van der Waals surface area contributed by atoms with Crippen LogP contribution < -0.4 is 5.32 Å². The summed E-state index contributed by atoms with van der Waals surface area (Å²) in [5.74, 6) is 1.13. The third kappa shape index (κ3) is 2.49. The van der Waals surface area contributed by atoms with E-state index in [0.717, 1.165) is 36.5 Å². The lowest BCUT2D eigenvalue weighted by Gasteiger charge is -2.20. The summed E-state index contributed by atoms with van der Waals surface area (Å²) in [6, 6.07) is 0. The van der Waals surface area contributed by atoms with Crippen molar-refractivity contribution in [3.8, 4) is 0 Å². The van der Waals surface area contributed by atoms with Crippen molar-refractivity contribution < 1.29 is 9.32 Å². The molecule has 5 nitrogen and oxygen atoms in total. The average Bonchev–Trinajstić information content (AvgIpc) is 2.93. The SMILES string of the molecule is Cc1noc(C)c1CN(C)C(=O)[C@@H]1CCNC1. The predicted molar refractivity (Wildman–Crippen MR) is 63.4 cm³/mol. The number of rotatable bonds is 3. The van der Waals surface area contributed by atoms with E-state index in [1.807, 2.05) is 20.9 Å². The van der Waals surface area contributed by atoms with Crippen molar-refractivity contribution in [3.05, 3.63) is 17.0 Å². The first-order valence-corrected chi connectivity index (χ1v) is 5.97. The number of carbonyl (C=O) groups excluding carboxylic acids is 1. The molecule has 17 heavy (non-hydrogen) atoms. The lowest BCUT2D eigenvalue weighted by atomic mass is 10.1. The topological polar surface area (TPSA) is 58.4 Å². The zero-order chi connectivity index (χ0) is 12.4. The third-order valence-corrected chi connectivity index (χ3v) is 3.36. The number of aromatic nitrogens is 1. The number of amides is 1. The second-order valence-electron chi connectivity index (χ2n) is 4.69. The molecule has 1 aliphatic rings. The smallest absolute Gasteiger partial charge is 0.227 e. The van der Waals surface area contributed by atoms with Gasteiger partial charge >= 0.3 is 0 Å². The van der Waals surface area contributed by atoms with Gasteiger partial charge in [0.05, 0.1) is 18.2 Å². The molecule has 0 bridgehead atoms. The highest BCUT2D eigenvalue weighted by atomic mass is 16.5. The molecule has 5 heteroatoms. The van der Waals surface area contributed by atoms with Gasteiger partial charge in [0.15, 0.2) is 0 Å². The van der Waals surface area contributed by atoms with Crippen LogP contribution in [-0.4, -0.2) is 36.1 Å². The Morgan fingerprint density at radius 1 is 1.59 bits per heavy atom. The van der Waals surface area contributed by atoms with Gasteiger partial charge < -0.3 is 14.7 Å². The van der Waals surface area contributed by atoms with Crippen LogP contribution in [0.5, 0.6) is 0 Å². The fraction of sp³-hybridized carbons (Fsp3) is 0.667. The fourth-order valence-corrected chi connectivity index (χ4v) is 2.22. The van der Waals surface area contributed by atoms with E-state index in [-0.39, 0.29) is 11.8 Å². The molecular weight excluding hydrogens is 218 g/mol. The summed E-state index contributed by atoms with van der Waals surface area (Å²) in [6.07, 6.45) is 0.935. The molecule has 1 atom stereocenters. The van der Waals surface area contributed by atoms with Gasteiger partial charge in [-0.3, -0.25) is 4.79 Å². The molecule has 0 unspecified atom stereocenters. The van der Waals surface area contributed by atoms with E-state index in [9.17, 15) is 4.79 Å². The molecule has 2 heterocycles. The second-order valence-corrected chi connectivity index (χ2v) is 4.69. The highest BCUT2D eigenvalue weighted by Gasteiger charge is 2.26. The van der Waals surface area contributed by atoms with Crippen LogP contribution >= 0.6 is 0 Å². The van der Waals surface area contributed by atoms with Crippen molar-refractivity contribution in [2.75, 3.05) is 20.1 Å². The van der Waals surface area contributed by atoms with Crippen LogP contribution in [-0.2, 0) is 11.3 Å². The van der Waals surface area contributed by atoms with Crippen LogP contribution in [0.4, 0.5) is 0 Å². The molecule has 0 spiro atoms. The Kier molecular flexibility index (Phi) is 3.47. The van der Waals surface area contributed by atoms with Crippen molar-refractivity contribution >= 4 is 5.91 Å². The van der Waals surface area contributed by atoms with Crippen LogP contribution in [0.25, 0.3) is 0 Å². The van der Waals surface area contributed by atoms with Gasteiger partial charge in [-0.05, 0) is 26.8 Å². The van der Waals surface area contributed by atoms with Crippen molar-refractivity contribution in [2.45, 2.75) is 26.8 Å². The minimum Gasteiger partial charge on any atom is -0.361 e. The van der Waals surface area contributed by atoms with Crippen LogP contribution in [0.3, 0.4) is 0 Å². The number of hydrogen-bond donors (Lipinski definition) is 1. The minimum atomic E-state index is 0.125. The van der Waals surface area contributed by atoms with E-state index in [4.69, 9.17) is 4.52 Å². The lowest BCUT2D eigenvalue weighted by molar-refractivity contribution is -0.134. The van der Waals surface area contributed by atoms with Crippen LogP contribution in [0.15, 0.2) is 4.52 Å². The molecule has 1 aliphatic heterocycles. The van der Waals surface area contributed by atoms with Gasteiger partial charge in [0.1, 0.15) is 5.76 Å². The van der Waals surface area contributed by atoms with Gasteiger partial charge in [-0.15, -0.1) is 0 Å². The van der Waals surface area contributed by atoms with Crippen molar-refractivity contribution in [3.63, 3.8) is 0 Å². The van der Waals surface area contributed by atoms with E-state index in [2.05, 4.69) is 10.5 Å². The Labute approximate surface area is 101 Å². The Hall–Kier alpha value is -1.36. The summed E-state index contributed by atoms with van der Waals surface area (Å²) in [5.41, 5.74) is 1.89. The van der Waals surface area contributed by atoms with Crippen molar-refractivity contribution in [2.24, 2.45) is 5.92 Å². The van der Waals surface area contributed by atoms with Crippen molar-refractivity contribution in [1.29, 1.82) is 0 Å². The standard InChI is InChI=1S/C12H19N3O2/c1-8-11(9(2)17-14-8)7-15(3)12(16)10-4-5-13-6-10/h10,13H,4-7H2,1-3H3/t10-/m1/s1. The van der Waals surface area contributed by atoms with Crippen LogP contribution in [0.2, 0.25) is 0 Å². The second kappa shape index (κ2) is 4.87. The zero-order valence-electron chi connectivity index (χ0n) is 10.6. The van der Waals surface area contributed by atoms with E-state index >= 15 is 0 Å². The maximum atomic E-state index is 12.1. The Morgan fingerprint density at radius 3 is 2.88 bits per heavy atom. The highest BCUT2D eigenvalue weighted by Crippen LogP contribution is 2.17. The molecule has 1 saturated heterocycles. The Morgan fingerprint density at radius 2 is 2.35 bits per heavy atom. The molecule has 1 aromatic rings. The van der Waals surface area contributed by atoms with Gasteiger partial charge in [-0.1, -0.05) is 5.16 Å². The molecule has 1 aromatic heterocycles. The molecule has 1 amide bonds. The molecule has 2 rings (SSSR count). The normalized spacial score (nSPS) is 19.6. The molecule has 94 valence electrons. The van der Waals surface area contributed by atoms with E-state index in [1.165, 1.54) is 0 Å². The summed E-state index contributed by atoms with van der Waals surface area (Å²) >= 11 is 0. The molecule has 0 radical (unpaired) electrons. The molecular formula is C12H19N3O2. The third-order valence-electron chi connectivity index (χ3n) is 3.36. The summed E-state index contributed by atoms with van der Waals surface area (Å²) in [6.45, 7) is 6.10. The van der Waals surface area contributed by atoms with E-state index in [1.54, 1.807) is 4.90 Å². The summed E-state index contributed by atoms with van der Waals surface area (Å²) in [5, 5.41) is 7.11. The average molecular weight is 237 g/mol. The first-order chi connectivity index (χ1) is 8.09. The summed E-state index contributed by atoms with van der Waals surface area (Å²) in [4.78, 5) is 13.9. The zero-order valence-corrected chi connectivity index (χ0v) is 10.6. The monoisotopic (exact) mass is 237 g/mol. The summed E-state index contributed by atoms with van der Waals surface area (Å²) < 4.78 is 5.10.